The number of nitrogens with zero attached hydrogens (tertiary/aromatic N) is 1. The summed E-state index contributed by atoms with van der Waals surface area (Å²) in [6.07, 6.45) is 0.797. The number of carbonyl (C=O) groups is 1. The molecule has 0 aromatic heterocycles. The third-order valence-electron chi connectivity index (χ3n) is 3.69. The number of amides is 1. The molecule has 3 N–H and O–H groups in total. The molecule has 27 heavy (non-hydrogen) atoms. The van der Waals surface area contributed by atoms with E-state index < -0.39 is 0 Å². The van der Waals surface area contributed by atoms with Gasteiger partial charge in [0, 0.05) is 25.6 Å². The second-order valence-electron chi connectivity index (χ2n) is 6.96. The fraction of sp³-hybridized carbons (Fsp3) is 0.579. The van der Waals surface area contributed by atoms with Crippen molar-refractivity contribution in [2.24, 2.45) is 10.4 Å². The van der Waals surface area contributed by atoms with E-state index in [4.69, 9.17) is 16.3 Å². The van der Waals surface area contributed by atoms with Crippen molar-refractivity contribution >= 4 is 47.4 Å². The quantitative estimate of drug-likeness (QED) is 0.217. The van der Waals surface area contributed by atoms with Crippen LogP contribution in [0.3, 0.4) is 0 Å². The Labute approximate surface area is 184 Å². The average molecular weight is 511 g/mol. The highest BCUT2D eigenvalue weighted by atomic mass is 127. The van der Waals surface area contributed by atoms with Crippen molar-refractivity contribution in [1.82, 2.24) is 16.0 Å². The highest BCUT2D eigenvalue weighted by Gasteiger charge is 2.20. The molecule has 0 spiro atoms. The molecule has 0 fully saturated rings. The summed E-state index contributed by atoms with van der Waals surface area (Å²) < 4.78 is 5.95. The van der Waals surface area contributed by atoms with Crippen molar-refractivity contribution in [3.05, 3.63) is 29.3 Å². The van der Waals surface area contributed by atoms with Gasteiger partial charge in [0.15, 0.2) is 5.96 Å². The lowest BCUT2D eigenvalue weighted by atomic mass is 9.96. The van der Waals surface area contributed by atoms with Gasteiger partial charge in [-0.25, -0.2) is 0 Å². The van der Waals surface area contributed by atoms with Gasteiger partial charge in [0.2, 0.25) is 5.91 Å². The van der Waals surface area contributed by atoms with Gasteiger partial charge in [0.1, 0.15) is 11.9 Å². The normalized spacial score (nSPS) is 12.6. The molecule has 0 aliphatic heterocycles. The molecule has 6 nitrogen and oxygen atoms in total. The van der Waals surface area contributed by atoms with Crippen LogP contribution in [-0.4, -0.2) is 44.7 Å². The van der Waals surface area contributed by atoms with Gasteiger partial charge in [-0.2, -0.15) is 0 Å². The summed E-state index contributed by atoms with van der Waals surface area (Å²) in [5, 5.41) is 9.90. The van der Waals surface area contributed by atoms with E-state index in [0.717, 1.165) is 6.42 Å². The molecule has 1 rings (SSSR count). The molecule has 1 aromatic rings. The zero-order valence-electron chi connectivity index (χ0n) is 16.8. The van der Waals surface area contributed by atoms with Crippen molar-refractivity contribution in [1.29, 1.82) is 0 Å². The predicted molar refractivity (Wildman–Crippen MR) is 123 cm³/mol. The Morgan fingerprint density at radius 2 is 1.81 bits per heavy atom. The largest absolute Gasteiger partial charge is 0.487 e. The number of guanidine groups is 1. The lowest BCUT2D eigenvalue weighted by Gasteiger charge is -2.21. The highest BCUT2D eigenvalue weighted by Crippen LogP contribution is 2.24. The fourth-order valence-corrected chi connectivity index (χ4v) is 2.22. The Balaban J connectivity index is 0.00000676. The zero-order valence-corrected chi connectivity index (χ0v) is 19.9. The van der Waals surface area contributed by atoms with Crippen molar-refractivity contribution in [3.8, 4) is 5.75 Å². The van der Waals surface area contributed by atoms with Crippen LogP contribution in [-0.2, 0) is 4.79 Å². The van der Waals surface area contributed by atoms with Crippen LogP contribution in [0.5, 0.6) is 5.75 Å². The highest BCUT2D eigenvalue weighted by molar-refractivity contribution is 14.0. The standard InChI is InChI=1S/C19H31ClN4O2.HI/c1-6-14(26-16-10-8-7-9-15(16)20)13-24-18(21-5)23-12-11-22-17(25)19(2,3)4;/h7-10,14H,6,11-13H2,1-5H3,(H,22,25)(H2,21,23,24);1H. The van der Waals surface area contributed by atoms with Crippen molar-refractivity contribution < 1.29 is 9.53 Å². The van der Waals surface area contributed by atoms with Crippen LogP contribution in [0.15, 0.2) is 29.3 Å². The van der Waals surface area contributed by atoms with Crippen LogP contribution in [0.25, 0.3) is 0 Å². The van der Waals surface area contributed by atoms with Crippen molar-refractivity contribution in [2.75, 3.05) is 26.7 Å². The molecular weight excluding hydrogens is 479 g/mol. The maximum Gasteiger partial charge on any atom is 0.225 e. The molecule has 1 amide bonds. The van der Waals surface area contributed by atoms with E-state index >= 15 is 0 Å². The smallest absolute Gasteiger partial charge is 0.225 e. The van der Waals surface area contributed by atoms with Gasteiger partial charge in [0.05, 0.1) is 11.6 Å². The molecule has 0 aliphatic carbocycles. The predicted octanol–water partition coefficient (Wildman–Crippen LogP) is 3.44. The van der Waals surface area contributed by atoms with Gasteiger partial charge < -0.3 is 20.7 Å². The fourth-order valence-electron chi connectivity index (χ4n) is 2.04. The lowest BCUT2D eigenvalue weighted by Crippen LogP contribution is -2.45. The maximum absolute atomic E-state index is 11.8. The summed E-state index contributed by atoms with van der Waals surface area (Å²) in [5.74, 6) is 1.37. The summed E-state index contributed by atoms with van der Waals surface area (Å²) >= 11 is 6.14. The lowest BCUT2D eigenvalue weighted by molar-refractivity contribution is -0.128. The number of hydrogen-bond donors (Lipinski definition) is 3. The van der Waals surface area contributed by atoms with Crippen LogP contribution >= 0.6 is 35.6 Å². The monoisotopic (exact) mass is 510 g/mol. The van der Waals surface area contributed by atoms with Gasteiger partial charge in [-0.3, -0.25) is 9.79 Å². The van der Waals surface area contributed by atoms with E-state index in [1.165, 1.54) is 0 Å². The number of halogens is 2. The number of ether oxygens (including phenoxy) is 1. The minimum atomic E-state index is -0.385. The van der Waals surface area contributed by atoms with Crippen molar-refractivity contribution in [3.63, 3.8) is 0 Å². The number of aliphatic imine (C=N–C) groups is 1. The van der Waals surface area contributed by atoms with Crippen LogP contribution in [0.2, 0.25) is 5.02 Å². The van der Waals surface area contributed by atoms with Gasteiger partial charge in [-0.05, 0) is 18.6 Å². The molecule has 0 radical (unpaired) electrons. The molecule has 0 saturated carbocycles. The van der Waals surface area contributed by atoms with Crippen LogP contribution in [0.4, 0.5) is 0 Å². The first-order chi connectivity index (χ1) is 12.3. The second kappa shape index (κ2) is 13.0. The van der Waals surface area contributed by atoms with E-state index in [1.807, 2.05) is 45.0 Å². The minimum absolute atomic E-state index is 0. The Morgan fingerprint density at radius 1 is 1.19 bits per heavy atom. The van der Waals surface area contributed by atoms with Gasteiger partial charge in [-0.15, -0.1) is 24.0 Å². The van der Waals surface area contributed by atoms with E-state index in [1.54, 1.807) is 7.05 Å². The summed E-state index contributed by atoms with van der Waals surface area (Å²) in [6, 6.07) is 7.44. The minimum Gasteiger partial charge on any atom is -0.487 e. The third-order valence-corrected chi connectivity index (χ3v) is 4.00. The Kier molecular flexibility index (Phi) is 12.5. The van der Waals surface area contributed by atoms with Gasteiger partial charge >= 0.3 is 0 Å². The van der Waals surface area contributed by atoms with E-state index in [2.05, 4.69) is 27.9 Å². The van der Waals surface area contributed by atoms with Crippen LogP contribution in [0, 0.1) is 5.41 Å². The number of nitrogens with one attached hydrogen (secondary N) is 3. The first-order valence-corrected chi connectivity index (χ1v) is 9.29. The topological polar surface area (TPSA) is 74.8 Å². The molecule has 1 unspecified atom stereocenters. The maximum atomic E-state index is 11.8. The van der Waals surface area contributed by atoms with Crippen LogP contribution < -0.4 is 20.7 Å². The SMILES string of the molecule is CCC(CNC(=NC)NCCNC(=O)C(C)(C)C)Oc1ccccc1Cl.I. The molecular formula is C19H32ClIN4O2. The molecule has 0 saturated heterocycles. The van der Waals surface area contributed by atoms with E-state index in [0.29, 0.717) is 36.4 Å². The van der Waals surface area contributed by atoms with Gasteiger partial charge in [-0.1, -0.05) is 51.4 Å². The van der Waals surface area contributed by atoms with Crippen molar-refractivity contribution in [2.45, 2.75) is 40.2 Å². The number of hydrogen-bond acceptors (Lipinski definition) is 3. The second-order valence-corrected chi connectivity index (χ2v) is 7.37. The Hall–Kier alpha value is -1.22. The molecule has 1 atom stereocenters. The Bertz CT molecular complexity index is 606. The summed E-state index contributed by atoms with van der Waals surface area (Å²) in [6.45, 7) is 9.44. The zero-order chi connectivity index (χ0) is 19.6. The molecule has 0 aliphatic rings. The third kappa shape index (κ3) is 10.0. The summed E-state index contributed by atoms with van der Waals surface area (Å²) in [5.41, 5.74) is -0.385. The number of para-hydroxylation sites is 1. The van der Waals surface area contributed by atoms with Gasteiger partial charge in [0.25, 0.3) is 0 Å². The Morgan fingerprint density at radius 3 is 2.37 bits per heavy atom. The summed E-state index contributed by atoms with van der Waals surface area (Å²) in [4.78, 5) is 16.0. The molecule has 8 heteroatoms. The number of rotatable bonds is 8. The number of carbonyl (C=O) groups excluding carboxylic acids is 1. The molecule has 1 aromatic carbocycles. The van der Waals surface area contributed by atoms with E-state index in [9.17, 15) is 4.79 Å². The average Bonchev–Trinajstić information content (AvgIpc) is 2.60. The first kappa shape index (κ1) is 25.8. The van der Waals surface area contributed by atoms with Crippen LogP contribution in [0.1, 0.15) is 34.1 Å². The molecule has 154 valence electrons. The first-order valence-electron chi connectivity index (χ1n) is 8.92. The number of benzene rings is 1. The molecule has 0 bridgehead atoms. The molecule has 0 heterocycles. The van der Waals surface area contributed by atoms with E-state index in [-0.39, 0.29) is 41.4 Å². The summed E-state index contributed by atoms with van der Waals surface area (Å²) in [7, 11) is 1.71.